The maximum atomic E-state index is 12.5. The van der Waals surface area contributed by atoms with Gasteiger partial charge in [-0.05, 0) is 5.56 Å². The predicted molar refractivity (Wildman–Crippen MR) is 114 cm³/mol. The first-order valence-electron chi connectivity index (χ1n) is 10.8. The number of aliphatic hydroxyl groups is 1. The number of fused-ring (bicyclic) bond motifs is 1. The summed E-state index contributed by atoms with van der Waals surface area (Å²) < 4.78 is 34.8. The number of sulfone groups is 1. The summed E-state index contributed by atoms with van der Waals surface area (Å²) in [5.41, 5.74) is 0.981. The van der Waals surface area contributed by atoms with E-state index in [2.05, 4.69) is 10.6 Å². The van der Waals surface area contributed by atoms with Crippen molar-refractivity contribution in [2.45, 2.75) is 49.9 Å². The van der Waals surface area contributed by atoms with E-state index in [-0.39, 0.29) is 61.7 Å². The van der Waals surface area contributed by atoms with Gasteiger partial charge in [-0.1, -0.05) is 30.3 Å². The van der Waals surface area contributed by atoms with Crippen LogP contribution in [0.25, 0.3) is 0 Å². The minimum absolute atomic E-state index is 0.00898. The topological polar surface area (TPSA) is 134 Å². The van der Waals surface area contributed by atoms with Gasteiger partial charge in [0.1, 0.15) is 18.3 Å². The minimum Gasteiger partial charge on any atom is -0.388 e. The van der Waals surface area contributed by atoms with Gasteiger partial charge in [-0.15, -0.1) is 0 Å². The molecule has 0 aromatic heterocycles. The van der Waals surface area contributed by atoms with Crippen LogP contribution in [0.5, 0.6) is 0 Å². The molecular weight excluding hydrogens is 438 g/mol. The first-order chi connectivity index (χ1) is 15.3. The molecule has 3 aliphatic heterocycles. The van der Waals surface area contributed by atoms with Gasteiger partial charge < -0.3 is 30.1 Å². The monoisotopic (exact) mass is 467 g/mol. The molecule has 3 N–H and O–H groups in total. The number of hydrogen-bond donors (Lipinski definition) is 3. The molecule has 3 aliphatic rings. The summed E-state index contributed by atoms with van der Waals surface area (Å²) in [7, 11) is -3.04. The van der Waals surface area contributed by atoms with Crippen molar-refractivity contribution < 1.29 is 32.6 Å². The van der Waals surface area contributed by atoms with Gasteiger partial charge in [0.05, 0.1) is 30.1 Å². The molecule has 1 aromatic carbocycles. The molecule has 0 aliphatic carbocycles. The van der Waals surface area contributed by atoms with E-state index in [1.165, 1.54) is 0 Å². The Bertz CT molecular complexity index is 913. The van der Waals surface area contributed by atoms with Gasteiger partial charge in [0.15, 0.2) is 9.84 Å². The lowest BCUT2D eigenvalue weighted by Gasteiger charge is -2.28. The van der Waals surface area contributed by atoms with Gasteiger partial charge in [-0.25, -0.2) is 13.2 Å². The summed E-state index contributed by atoms with van der Waals surface area (Å²) in [5, 5.41) is 16.0. The quantitative estimate of drug-likeness (QED) is 0.510. The van der Waals surface area contributed by atoms with Crippen LogP contribution in [0.2, 0.25) is 0 Å². The van der Waals surface area contributed by atoms with Crippen molar-refractivity contribution in [3.05, 3.63) is 35.9 Å². The summed E-state index contributed by atoms with van der Waals surface area (Å²) in [4.78, 5) is 26.0. The van der Waals surface area contributed by atoms with Crippen LogP contribution in [0.3, 0.4) is 0 Å². The Hall–Kier alpha value is -2.21. The third kappa shape index (κ3) is 5.58. The summed E-state index contributed by atoms with van der Waals surface area (Å²) >= 11 is 0. The number of carbonyl (C=O) groups is 2. The van der Waals surface area contributed by atoms with Gasteiger partial charge in [0.25, 0.3) is 0 Å². The molecule has 0 radical (unpaired) electrons. The van der Waals surface area contributed by atoms with Gasteiger partial charge in [-0.3, -0.25) is 4.79 Å². The van der Waals surface area contributed by atoms with Crippen LogP contribution >= 0.6 is 0 Å². The fraction of sp³-hybridized carbons (Fsp3) is 0.619. The third-order valence-electron chi connectivity index (χ3n) is 6.14. The number of nitrogens with zero attached hydrogens (tertiary/aromatic N) is 1. The lowest BCUT2D eigenvalue weighted by Crippen LogP contribution is -2.45. The summed E-state index contributed by atoms with van der Waals surface area (Å²) in [6.45, 7) is 0.956. The van der Waals surface area contributed by atoms with Crippen LogP contribution in [0, 0.1) is 0 Å². The second kappa shape index (κ2) is 9.74. The molecule has 3 saturated heterocycles. The Morgan fingerprint density at radius 3 is 2.50 bits per heavy atom. The van der Waals surface area contributed by atoms with Crippen molar-refractivity contribution in [2.24, 2.45) is 0 Å². The zero-order valence-corrected chi connectivity index (χ0v) is 18.5. The number of ether oxygens (including phenoxy) is 2. The van der Waals surface area contributed by atoms with E-state index in [0.29, 0.717) is 13.0 Å². The molecule has 0 spiro atoms. The molecule has 5 unspecified atom stereocenters. The van der Waals surface area contributed by atoms with E-state index in [4.69, 9.17) is 9.47 Å². The molecule has 1 aromatic rings. The van der Waals surface area contributed by atoms with E-state index in [1.807, 2.05) is 30.3 Å². The normalized spacial score (nSPS) is 31.2. The van der Waals surface area contributed by atoms with Gasteiger partial charge >= 0.3 is 6.03 Å². The van der Waals surface area contributed by atoms with E-state index in [1.54, 1.807) is 4.90 Å². The molecule has 4 rings (SSSR count). The molecule has 10 nitrogen and oxygen atoms in total. The van der Waals surface area contributed by atoms with Crippen molar-refractivity contribution in [1.29, 1.82) is 0 Å². The second-order valence-electron chi connectivity index (χ2n) is 8.45. The van der Waals surface area contributed by atoms with Crippen LogP contribution in [0.15, 0.2) is 30.3 Å². The molecule has 0 saturated carbocycles. The molecule has 3 amide bonds. The molecular formula is C21H29N3O7S. The second-order valence-corrected chi connectivity index (χ2v) is 10.8. The Morgan fingerprint density at radius 1 is 1.09 bits per heavy atom. The number of hydrogen-bond acceptors (Lipinski definition) is 7. The fourth-order valence-electron chi connectivity index (χ4n) is 4.33. The van der Waals surface area contributed by atoms with Crippen molar-refractivity contribution in [3.8, 4) is 0 Å². The fourth-order valence-corrected chi connectivity index (χ4v) is 5.53. The van der Waals surface area contributed by atoms with Crippen LogP contribution in [-0.2, 0) is 30.7 Å². The maximum absolute atomic E-state index is 12.5. The highest BCUT2D eigenvalue weighted by molar-refractivity contribution is 7.91. The van der Waals surface area contributed by atoms with Crippen LogP contribution in [-0.4, -0.2) is 92.0 Å². The molecule has 3 heterocycles. The van der Waals surface area contributed by atoms with Crippen LogP contribution < -0.4 is 10.6 Å². The SMILES string of the molecule is O=C(NCc1ccccc1)NCC1OC2CC(CC(=O)N3CCS(=O)(=O)CC3)OC2C1O. The van der Waals surface area contributed by atoms with E-state index in [0.717, 1.165) is 5.56 Å². The lowest BCUT2D eigenvalue weighted by atomic mass is 10.1. The average Bonchev–Trinajstić information content (AvgIpc) is 3.29. The molecule has 0 bridgehead atoms. The van der Waals surface area contributed by atoms with Crippen molar-refractivity contribution in [3.63, 3.8) is 0 Å². The summed E-state index contributed by atoms with van der Waals surface area (Å²) in [6, 6.07) is 9.17. The molecule has 5 atom stereocenters. The predicted octanol–water partition coefficient (Wildman–Crippen LogP) is -0.581. The van der Waals surface area contributed by atoms with Crippen LogP contribution in [0.4, 0.5) is 4.79 Å². The Labute approximate surface area is 187 Å². The number of amides is 3. The Balaban J connectivity index is 1.18. The van der Waals surface area contributed by atoms with Gasteiger partial charge in [0, 0.05) is 32.6 Å². The molecule has 3 fully saturated rings. The Morgan fingerprint density at radius 2 is 1.81 bits per heavy atom. The van der Waals surface area contributed by atoms with Crippen molar-refractivity contribution in [2.75, 3.05) is 31.1 Å². The minimum atomic E-state index is -3.04. The van der Waals surface area contributed by atoms with E-state index in [9.17, 15) is 23.1 Å². The number of aliphatic hydroxyl groups excluding tert-OH is 1. The Kier molecular flexibility index (Phi) is 6.99. The highest BCUT2D eigenvalue weighted by atomic mass is 32.2. The lowest BCUT2D eigenvalue weighted by molar-refractivity contribution is -0.134. The van der Waals surface area contributed by atoms with Crippen molar-refractivity contribution >= 4 is 21.8 Å². The first-order valence-corrected chi connectivity index (χ1v) is 12.7. The average molecular weight is 468 g/mol. The summed E-state index contributed by atoms with van der Waals surface area (Å²) in [5.74, 6) is -0.164. The number of benzene rings is 1. The highest BCUT2D eigenvalue weighted by Crippen LogP contribution is 2.35. The molecule has 176 valence electrons. The summed E-state index contributed by atoms with van der Waals surface area (Å²) in [6.07, 6.45) is -2.16. The number of rotatable bonds is 6. The van der Waals surface area contributed by atoms with Gasteiger partial charge in [-0.2, -0.15) is 0 Å². The largest absolute Gasteiger partial charge is 0.388 e. The number of urea groups is 1. The van der Waals surface area contributed by atoms with Gasteiger partial charge in [0.2, 0.25) is 5.91 Å². The maximum Gasteiger partial charge on any atom is 0.315 e. The third-order valence-corrected chi connectivity index (χ3v) is 7.75. The van der Waals surface area contributed by atoms with E-state index < -0.39 is 28.1 Å². The van der Waals surface area contributed by atoms with Crippen LogP contribution in [0.1, 0.15) is 18.4 Å². The number of nitrogens with one attached hydrogen (secondary N) is 2. The standard InChI is InChI=1S/C21H29N3O7S/c25-18(24-6-8-32(28,29)9-7-24)11-15-10-16-20(30-15)19(26)17(31-16)13-23-21(27)22-12-14-4-2-1-3-5-14/h1-5,15-17,19-20,26H,6-13H2,(H2,22,23,27). The van der Waals surface area contributed by atoms with E-state index >= 15 is 0 Å². The molecule has 32 heavy (non-hydrogen) atoms. The first kappa shape index (κ1) is 23.0. The van der Waals surface area contributed by atoms with Crippen molar-refractivity contribution in [1.82, 2.24) is 15.5 Å². The zero-order chi connectivity index (χ0) is 22.7. The number of carbonyl (C=O) groups excluding carboxylic acids is 2. The highest BCUT2D eigenvalue weighted by Gasteiger charge is 2.50. The smallest absolute Gasteiger partial charge is 0.315 e. The molecule has 11 heteroatoms. The zero-order valence-electron chi connectivity index (χ0n) is 17.7.